The minimum Gasteiger partial charge on any atom is -0.493 e. The van der Waals surface area contributed by atoms with Crippen LogP contribution in [0.2, 0.25) is 0 Å². The molecule has 1 aliphatic heterocycles. The van der Waals surface area contributed by atoms with E-state index in [0.717, 1.165) is 25.2 Å². The average molecular weight is 175 g/mol. The molecule has 2 atom stereocenters. The van der Waals surface area contributed by atoms with Crippen molar-refractivity contribution in [3.05, 3.63) is 29.3 Å². The van der Waals surface area contributed by atoms with E-state index < -0.39 is 0 Å². The van der Waals surface area contributed by atoms with Gasteiger partial charge in [0.05, 0.1) is 6.61 Å². The molecule has 2 N–H and O–H groups in total. The summed E-state index contributed by atoms with van der Waals surface area (Å²) >= 11 is 0. The van der Waals surface area contributed by atoms with Crippen LogP contribution in [0.25, 0.3) is 0 Å². The minimum atomic E-state index is 0.403. The fraction of sp³-hybridized carbons (Fsp3) is 0.455. The Balaban J connectivity index is 1.96. The van der Waals surface area contributed by atoms with Crippen LogP contribution >= 0.6 is 0 Å². The maximum absolute atomic E-state index is 5.81. The Kier molecular flexibility index (Phi) is 1.41. The second kappa shape index (κ2) is 2.48. The molecular weight excluding hydrogens is 162 g/mol. The molecule has 0 unspecified atom stereocenters. The lowest BCUT2D eigenvalue weighted by Crippen LogP contribution is -2.00. The van der Waals surface area contributed by atoms with Gasteiger partial charge in [-0.2, -0.15) is 0 Å². The molecule has 1 aliphatic carbocycles. The zero-order valence-electron chi connectivity index (χ0n) is 7.49. The average Bonchev–Trinajstić information content (AvgIpc) is 2.70. The van der Waals surface area contributed by atoms with Gasteiger partial charge in [0.1, 0.15) is 5.75 Å². The molecule has 0 amide bonds. The van der Waals surface area contributed by atoms with Crippen molar-refractivity contribution in [1.82, 2.24) is 0 Å². The predicted molar refractivity (Wildman–Crippen MR) is 51.0 cm³/mol. The zero-order chi connectivity index (χ0) is 8.84. The van der Waals surface area contributed by atoms with Gasteiger partial charge in [-0.1, -0.05) is 12.1 Å². The van der Waals surface area contributed by atoms with Gasteiger partial charge in [0.2, 0.25) is 0 Å². The fourth-order valence-electron chi connectivity index (χ4n) is 2.04. The Morgan fingerprint density at radius 1 is 1.38 bits per heavy atom. The van der Waals surface area contributed by atoms with Gasteiger partial charge >= 0.3 is 0 Å². The summed E-state index contributed by atoms with van der Waals surface area (Å²) in [6, 6.07) is 6.91. The van der Waals surface area contributed by atoms with E-state index in [2.05, 4.69) is 18.2 Å². The molecule has 1 aromatic carbocycles. The highest BCUT2D eigenvalue weighted by atomic mass is 16.5. The lowest BCUT2D eigenvalue weighted by atomic mass is 10.1. The van der Waals surface area contributed by atoms with Crippen molar-refractivity contribution in [1.29, 1.82) is 0 Å². The summed E-state index contributed by atoms with van der Waals surface area (Å²) in [5.41, 5.74) is 8.57. The summed E-state index contributed by atoms with van der Waals surface area (Å²) in [6.07, 6.45) is 2.21. The maximum atomic E-state index is 5.81. The largest absolute Gasteiger partial charge is 0.493 e. The molecule has 0 spiro atoms. The Bertz CT molecular complexity index is 348. The van der Waals surface area contributed by atoms with E-state index in [1.54, 1.807) is 0 Å². The molecule has 0 radical (unpaired) electrons. The summed E-state index contributed by atoms with van der Waals surface area (Å²) in [5, 5.41) is 0. The van der Waals surface area contributed by atoms with E-state index in [1.165, 1.54) is 11.1 Å². The highest BCUT2D eigenvalue weighted by molar-refractivity contribution is 5.42. The SMILES string of the molecule is N[C@@H]1C[C@H]1c1ccc2c(c1)CCO2. The predicted octanol–water partition coefficient (Wildman–Crippen LogP) is 1.44. The third-order valence-corrected chi connectivity index (χ3v) is 2.98. The topological polar surface area (TPSA) is 35.2 Å². The number of rotatable bonds is 1. The van der Waals surface area contributed by atoms with E-state index in [0.29, 0.717) is 12.0 Å². The first-order chi connectivity index (χ1) is 6.34. The maximum Gasteiger partial charge on any atom is 0.122 e. The first-order valence-corrected chi connectivity index (χ1v) is 4.86. The van der Waals surface area contributed by atoms with E-state index in [-0.39, 0.29) is 0 Å². The Morgan fingerprint density at radius 2 is 2.23 bits per heavy atom. The van der Waals surface area contributed by atoms with E-state index >= 15 is 0 Å². The van der Waals surface area contributed by atoms with Gasteiger partial charge in [0.25, 0.3) is 0 Å². The van der Waals surface area contributed by atoms with Crippen molar-refractivity contribution in [2.45, 2.75) is 24.8 Å². The van der Waals surface area contributed by atoms with Crippen LogP contribution in [0.3, 0.4) is 0 Å². The van der Waals surface area contributed by atoms with E-state index in [9.17, 15) is 0 Å². The number of hydrogen-bond acceptors (Lipinski definition) is 2. The third-order valence-electron chi connectivity index (χ3n) is 2.98. The van der Waals surface area contributed by atoms with Crippen LogP contribution in [0.5, 0.6) is 5.75 Å². The van der Waals surface area contributed by atoms with Gasteiger partial charge in [0.15, 0.2) is 0 Å². The van der Waals surface area contributed by atoms with Crippen molar-refractivity contribution < 1.29 is 4.74 Å². The lowest BCUT2D eigenvalue weighted by Gasteiger charge is -2.02. The third kappa shape index (κ3) is 1.13. The molecule has 1 aromatic rings. The molecule has 2 aliphatic rings. The van der Waals surface area contributed by atoms with Gasteiger partial charge < -0.3 is 10.5 Å². The van der Waals surface area contributed by atoms with Gasteiger partial charge in [-0.15, -0.1) is 0 Å². The molecule has 1 heterocycles. The quantitative estimate of drug-likeness (QED) is 0.701. The number of fused-ring (bicyclic) bond motifs is 1. The molecule has 0 bridgehead atoms. The molecule has 3 rings (SSSR count). The van der Waals surface area contributed by atoms with Gasteiger partial charge in [-0.3, -0.25) is 0 Å². The van der Waals surface area contributed by atoms with Crippen molar-refractivity contribution in [2.75, 3.05) is 6.61 Å². The second-order valence-electron chi connectivity index (χ2n) is 3.97. The molecule has 2 heteroatoms. The Labute approximate surface area is 77.7 Å². The monoisotopic (exact) mass is 175 g/mol. The van der Waals surface area contributed by atoms with E-state index in [1.807, 2.05) is 0 Å². The molecule has 1 fully saturated rings. The van der Waals surface area contributed by atoms with Crippen molar-refractivity contribution in [3.8, 4) is 5.75 Å². The first kappa shape index (κ1) is 7.39. The van der Waals surface area contributed by atoms with Crippen LogP contribution in [0.15, 0.2) is 18.2 Å². The first-order valence-electron chi connectivity index (χ1n) is 4.86. The molecular formula is C11H13NO. The lowest BCUT2D eigenvalue weighted by molar-refractivity contribution is 0.357. The van der Waals surface area contributed by atoms with Gasteiger partial charge in [-0.25, -0.2) is 0 Å². The van der Waals surface area contributed by atoms with Crippen LogP contribution in [0.4, 0.5) is 0 Å². The highest BCUT2D eigenvalue weighted by Gasteiger charge is 2.35. The number of nitrogens with two attached hydrogens (primary N) is 1. The summed E-state index contributed by atoms with van der Waals surface area (Å²) < 4.78 is 5.45. The van der Waals surface area contributed by atoms with Crippen molar-refractivity contribution in [2.24, 2.45) is 5.73 Å². The molecule has 1 saturated carbocycles. The molecule has 2 nitrogen and oxygen atoms in total. The summed E-state index contributed by atoms with van der Waals surface area (Å²) in [4.78, 5) is 0. The smallest absolute Gasteiger partial charge is 0.122 e. The van der Waals surface area contributed by atoms with Crippen LogP contribution in [-0.4, -0.2) is 12.6 Å². The number of ether oxygens (including phenoxy) is 1. The van der Waals surface area contributed by atoms with E-state index in [4.69, 9.17) is 10.5 Å². The minimum absolute atomic E-state index is 0.403. The summed E-state index contributed by atoms with van der Waals surface area (Å²) in [7, 11) is 0. The number of hydrogen-bond donors (Lipinski definition) is 1. The Morgan fingerprint density at radius 3 is 3.00 bits per heavy atom. The number of benzene rings is 1. The highest BCUT2D eigenvalue weighted by Crippen LogP contribution is 2.41. The summed E-state index contributed by atoms with van der Waals surface area (Å²) in [5.74, 6) is 1.68. The Hall–Kier alpha value is -1.02. The second-order valence-corrected chi connectivity index (χ2v) is 3.97. The summed E-state index contributed by atoms with van der Waals surface area (Å²) in [6.45, 7) is 0.843. The van der Waals surface area contributed by atoms with Crippen LogP contribution in [0.1, 0.15) is 23.5 Å². The van der Waals surface area contributed by atoms with Crippen molar-refractivity contribution in [3.63, 3.8) is 0 Å². The van der Waals surface area contributed by atoms with Crippen LogP contribution in [0, 0.1) is 0 Å². The van der Waals surface area contributed by atoms with Gasteiger partial charge in [-0.05, 0) is 23.6 Å². The zero-order valence-corrected chi connectivity index (χ0v) is 7.49. The fourth-order valence-corrected chi connectivity index (χ4v) is 2.04. The van der Waals surface area contributed by atoms with Gasteiger partial charge in [0, 0.05) is 18.4 Å². The van der Waals surface area contributed by atoms with Crippen LogP contribution < -0.4 is 10.5 Å². The van der Waals surface area contributed by atoms with Crippen molar-refractivity contribution >= 4 is 0 Å². The standard InChI is InChI=1S/C11H13NO/c12-10-6-9(10)7-1-2-11-8(5-7)3-4-13-11/h1-2,5,9-10H,3-4,6,12H2/t9-,10+/m0/s1. The normalized spacial score (nSPS) is 29.6. The molecule has 13 heavy (non-hydrogen) atoms. The molecule has 0 saturated heterocycles. The molecule has 0 aromatic heterocycles. The van der Waals surface area contributed by atoms with Crippen LogP contribution in [-0.2, 0) is 6.42 Å². The molecule has 68 valence electrons.